The minimum Gasteiger partial charge on any atom is -0.497 e. The van der Waals surface area contributed by atoms with Gasteiger partial charge in [0.15, 0.2) is 0 Å². The molecular formula is C13H22N2O2. The van der Waals surface area contributed by atoms with Crippen molar-refractivity contribution >= 4 is 0 Å². The molecule has 0 saturated carbocycles. The molecule has 0 aromatic heterocycles. The number of nitrogens with zero attached hydrogens (tertiary/aromatic N) is 1. The van der Waals surface area contributed by atoms with Crippen LogP contribution in [0.2, 0.25) is 0 Å². The summed E-state index contributed by atoms with van der Waals surface area (Å²) in [5, 5.41) is 0. The Morgan fingerprint density at radius 1 is 1.29 bits per heavy atom. The SMILES string of the molecule is COc1cccc(CN(C)CCOCCN)c1. The Labute approximate surface area is 103 Å². The average molecular weight is 238 g/mol. The molecule has 0 aliphatic rings. The van der Waals surface area contributed by atoms with Gasteiger partial charge in [-0.25, -0.2) is 0 Å². The zero-order valence-corrected chi connectivity index (χ0v) is 10.7. The first-order valence-corrected chi connectivity index (χ1v) is 5.85. The van der Waals surface area contributed by atoms with E-state index in [2.05, 4.69) is 24.1 Å². The highest BCUT2D eigenvalue weighted by Gasteiger charge is 2.01. The number of ether oxygens (including phenoxy) is 2. The fourth-order valence-electron chi connectivity index (χ4n) is 1.57. The van der Waals surface area contributed by atoms with Crippen LogP contribution in [0.4, 0.5) is 0 Å². The van der Waals surface area contributed by atoms with Gasteiger partial charge >= 0.3 is 0 Å². The molecule has 1 rings (SSSR count). The summed E-state index contributed by atoms with van der Waals surface area (Å²) in [5.74, 6) is 0.898. The van der Waals surface area contributed by atoms with E-state index in [9.17, 15) is 0 Å². The molecule has 4 heteroatoms. The molecule has 4 nitrogen and oxygen atoms in total. The average Bonchev–Trinajstić information content (AvgIpc) is 2.35. The topological polar surface area (TPSA) is 47.7 Å². The molecule has 0 fully saturated rings. The Kier molecular flexibility index (Phi) is 6.62. The second-order valence-corrected chi connectivity index (χ2v) is 3.99. The molecule has 0 saturated heterocycles. The molecule has 2 N–H and O–H groups in total. The Hall–Kier alpha value is -1.10. The lowest BCUT2D eigenvalue weighted by molar-refractivity contribution is 0.115. The number of benzene rings is 1. The van der Waals surface area contributed by atoms with E-state index in [0.717, 1.165) is 25.4 Å². The van der Waals surface area contributed by atoms with Gasteiger partial charge in [-0.3, -0.25) is 4.90 Å². The van der Waals surface area contributed by atoms with Crippen LogP contribution in [0.3, 0.4) is 0 Å². The number of likely N-dealkylation sites (N-methyl/N-ethyl adjacent to an activating group) is 1. The molecule has 0 bridgehead atoms. The largest absolute Gasteiger partial charge is 0.497 e. The number of rotatable bonds is 8. The maximum atomic E-state index is 5.35. The lowest BCUT2D eigenvalue weighted by atomic mass is 10.2. The van der Waals surface area contributed by atoms with Crippen LogP contribution in [0.25, 0.3) is 0 Å². The van der Waals surface area contributed by atoms with Crippen molar-refractivity contribution in [1.82, 2.24) is 4.90 Å². The molecule has 0 aliphatic carbocycles. The number of methoxy groups -OCH3 is 1. The third kappa shape index (κ3) is 5.68. The highest BCUT2D eigenvalue weighted by atomic mass is 16.5. The Morgan fingerprint density at radius 2 is 2.12 bits per heavy atom. The summed E-state index contributed by atoms with van der Waals surface area (Å²) in [7, 11) is 3.76. The van der Waals surface area contributed by atoms with Crippen molar-refractivity contribution < 1.29 is 9.47 Å². The van der Waals surface area contributed by atoms with Crippen molar-refractivity contribution in [2.24, 2.45) is 5.73 Å². The van der Waals surface area contributed by atoms with Gasteiger partial charge in [0.1, 0.15) is 5.75 Å². The molecule has 0 atom stereocenters. The van der Waals surface area contributed by atoms with Crippen molar-refractivity contribution in [3.8, 4) is 5.75 Å². The van der Waals surface area contributed by atoms with Gasteiger partial charge in [-0.15, -0.1) is 0 Å². The second kappa shape index (κ2) is 8.06. The first-order valence-electron chi connectivity index (χ1n) is 5.85. The summed E-state index contributed by atoms with van der Waals surface area (Å²) in [5.41, 5.74) is 6.59. The molecule has 0 heterocycles. The van der Waals surface area contributed by atoms with Gasteiger partial charge in [-0.2, -0.15) is 0 Å². The first kappa shape index (κ1) is 14.0. The van der Waals surface area contributed by atoms with Gasteiger partial charge < -0.3 is 15.2 Å². The monoisotopic (exact) mass is 238 g/mol. The summed E-state index contributed by atoms with van der Waals surface area (Å²) in [6.07, 6.45) is 0. The van der Waals surface area contributed by atoms with Gasteiger partial charge in [0.25, 0.3) is 0 Å². The third-order valence-corrected chi connectivity index (χ3v) is 2.47. The van der Waals surface area contributed by atoms with Crippen LogP contribution < -0.4 is 10.5 Å². The second-order valence-electron chi connectivity index (χ2n) is 3.99. The minimum absolute atomic E-state index is 0.583. The fourth-order valence-corrected chi connectivity index (χ4v) is 1.57. The molecule has 96 valence electrons. The lowest BCUT2D eigenvalue weighted by Gasteiger charge is -2.17. The zero-order valence-electron chi connectivity index (χ0n) is 10.7. The maximum absolute atomic E-state index is 5.35. The summed E-state index contributed by atoms with van der Waals surface area (Å²) in [6, 6.07) is 8.11. The van der Waals surface area contributed by atoms with E-state index < -0.39 is 0 Å². The third-order valence-electron chi connectivity index (χ3n) is 2.47. The van der Waals surface area contributed by atoms with Crippen molar-refractivity contribution in [2.75, 3.05) is 40.5 Å². The summed E-state index contributed by atoms with van der Waals surface area (Å²) in [6.45, 7) is 3.73. The number of hydrogen-bond acceptors (Lipinski definition) is 4. The van der Waals surface area contributed by atoms with E-state index in [1.807, 2.05) is 12.1 Å². The summed E-state index contributed by atoms with van der Waals surface area (Å²) in [4.78, 5) is 2.21. The van der Waals surface area contributed by atoms with E-state index >= 15 is 0 Å². The molecule has 0 spiro atoms. The Morgan fingerprint density at radius 3 is 2.82 bits per heavy atom. The highest BCUT2D eigenvalue weighted by molar-refractivity contribution is 5.28. The predicted octanol–water partition coefficient (Wildman–Crippen LogP) is 1.10. The van der Waals surface area contributed by atoms with Gasteiger partial charge in [0.05, 0.1) is 20.3 Å². The predicted molar refractivity (Wildman–Crippen MR) is 69.2 cm³/mol. The molecule has 1 aromatic rings. The normalized spacial score (nSPS) is 10.8. The van der Waals surface area contributed by atoms with Crippen LogP contribution in [0.5, 0.6) is 5.75 Å². The Bertz CT molecular complexity index is 318. The van der Waals surface area contributed by atoms with Gasteiger partial charge in [-0.1, -0.05) is 12.1 Å². The molecule has 0 radical (unpaired) electrons. The first-order chi connectivity index (χ1) is 8.26. The van der Waals surface area contributed by atoms with Crippen LogP contribution in [0, 0.1) is 0 Å². The lowest BCUT2D eigenvalue weighted by Crippen LogP contribution is -2.23. The molecule has 1 aromatic carbocycles. The molecule has 0 unspecified atom stereocenters. The summed E-state index contributed by atoms with van der Waals surface area (Å²) >= 11 is 0. The maximum Gasteiger partial charge on any atom is 0.119 e. The smallest absolute Gasteiger partial charge is 0.119 e. The Balaban J connectivity index is 2.31. The fraction of sp³-hybridized carbons (Fsp3) is 0.538. The van der Waals surface area contributed by atoms with Crippen LogP contribution in [-0.2, 0) is 11.3 Å². The van der Waals surface area contributed by atoms with Crippen LogP contribution >= 0.6 is 0 Å². The van der Waals surface area contributed by atoms with E-state index in [1.54, 1.807) is 7.11 Å². The van der Waals surface area contributed by atoms with E-state index in [4.69, 9.17) is 15.2 Å². The molecule has 0 amide bonds. The van der Waals surface area contributed by atoms with Crippen molar-refractivity contribution in [2.45, 2.75) is 6.54 Å². The molecule has 17 heavy (non-hydrogen) atoms. The number of hydrogen-bond donors (Lipinski definition) is 1. The van der Waals surface area contributed by atoms with Gasteiger partial charge in [-0.05, 0) is 24.7 Å². The number of nitrogens with two attached hydrogens (primary N) is 1. The molecule has 0 aliphatic heterocycles. The van der Waals surface area contributed by atoms with Crippen molar-refractivity contribution in [1.29, 1.82) is 0 Å². The van der Waals surface area contributed by atoms with Crippen LogP contribution in [-0.4, -0.2) is 45.4 Å². The van der Waals surface area contributed by atoms with E-state index in [1.165, 1.54) is 5.56 Å². The van der Waals surface area contributed by atoms with Crippen LogP contribution in [0.15, 0.2) is 24.3 Å². The standard InChI is InChI=1S/C13H22N2O2/c1-15(7-9-17-8-6-14)11-12-4-3-5-13(10-12)16-2/h3-5,10H,6-9,11,14H2,1-2H3. The summed E-state index contributed by atoms with van der Waals surface area (Å²) < 4.78 is 10.5. The van der Waals surface area contributed by atoms with Crippen molar-refractivity contribution in [3.63, 3.8) is 0 Å². The zero-order chi connectivity index (χ0) is 12.5. The molecular weight excluding hydrogens is 216 g/mol. The van der Waals surface area contributed by atoms with E-state index in [0.29, 0.717) is 13.2 Å². The minimum atomic E-state index is 0.583. The van der Waals surface area contributed by atoms with Gasteiger partial charge in [0.2, 0.25) is 0 Å². The van der Waals surface area contributed by atoms with Crippen LogP contribution in [0.1, 0.15) is 5.56 Å². The van der Waals surface area contributed by atoms with Crippen molar-refractivity contribution in [3.05, 3.63) is 29.8 Å². The van der Waals surface area contributed by atoms with E-state index in [-0.39, 0.29) is 0 Å². The highest BCUT2D eigenvalue weighted by Crippen LogP contribution is 2.13. The van der Waals surface area contributed by atoms with Gasteiger partial charge in [0, 0.05) is 19.6 Å². The quantitative estimate of drug-likeness (QED) is 0.689.